The lowest BCUT2D eigenvalue weighted by Gasteiger charge is -1.79. The molecule has 0 saturated heterocycles. The van der Waals surface area contributed by atoms with E-state index in [1.807, 2.05) is 0 Å². The minimum atomic E-state index is -0.178. The van der Waals surface area contributed by atoms with Crippen LogP contribution in [0, 0.1) is 11.7 Å². The standard InChI is InChI=1S/C6H5F.C4H10/c7-6-4-2-1-3-5-6;1-4(2)3/h1-5H;4H,1-3H3. The second-order valence-corrected chi connectivity index (χ2v) is 3.03. The number of rotatable bonds is 0. The third-order valence-electron chi connectivity index (χ3n) is 0.733. The second-order valence-electron chi connectivity index (χ2n) is 3.03. The molecule has 1 aromatic rings. The van der Waals surface area contributed by atoms with Crippen molar-refractivity contribution < 1.29 is 4.39 Å². The lowest BCUT2D eigenvalue weighted by atomic mass is 10.3. The largest absolute Gasteiger partial charge is 0.207 e. The summed E-state index contributed by atoms with van der Waals surface area (Å²) in [5, 5.41) is 0. The topological polar surface area (TPSA) is 0 Å². The Morgan fingerprint density at radius 1 is 1.00 bits per heavy atom. The molecule has 0 saturated carbocycles. The van der Waals surface area contributed by atoms with E-state index in [2.05, 4.69) is 20.8 Å². The normalized spacial score (nSPS) is 8.82. The zero-order valence-electron chi connectivity index (χ0n) is 7.34. The van der Waals surface area contributed by atoms with Crippen molar-refractivity contribution in [3.8, 4) is 0 Å². The highest BCUT2D eigenvalue weighted by Gasteiger charge is 1.77. The summed E-state index contributed by atoms with van der Waals surface area (Å²) in [4.78, 5) is 0. The summed E-state index contributed by atoms with van der Waals surface area (Å²) in [6.45, 7) is 6.50. The molecule has 0 unspecified atom stereocenters. The SMILES string of the molecule is CC(C)C.Fc1ccccc1. The summed E-state index contributed by atoms with van der Waals surface area (Å²) in [6, 6.07) is 7.94. The van der Waals surface area contributed by atoms with Crippen molar-refractivity contribution >= 4 is 0 Å². The molecule has 0 aromatic heterocycles. The van der Waals surface area contributed by atoms with Crippen LogP contribution in [0.5, 0.6) is 0 Å². The van der Waals surface area contributed by atoms with Gasteiger partial charge in [0.2, 0.25) is 0 Å². The minimum Gasteiger partial charge on any atom is -0.207 e. The molecule has 0 amide bonds. The molecule has 0 N–H and O–H groups in total. The average molecular weight is 154 g/mol. The molecule has 0 fully saturated rings. The van der Waals surface area contributed by atoms with E-state index in [1.54, 1.807) is 18.2 Å². The fourth-order valence-corrected chi connectivity index (χ4v) is 0.415. The van der Waals surface area contributed by atoms with Crippen molar-refractivity contribution in [3.05, 3.63) is 36.1 Å². The molecule has 0 radical (unpaired) electrons. The van der Waals surface area contributed by atoms with Gasteiger partial charge >= 0.3 is 0 Å². The van der Waals surface area contributed by atoms with Crippen molar-refractivity contribution in [2.45, 2.75) is 20.8 Å². The van der Waals surface area contributed by atoms with Gasteiger partial charge in [-0.25, -0.2) is 4.39 Å². The highest BCUT2D eigenvalue weighted by Crippen LogP contribution is 1.91. The van der Waals surface area contributed by atoms with Crippen LogP contribution in [-0.4, -0.2) is 0 Å². The highest BCUT2D eigenvalue weighted by molar-refractivity contribution is 5.02. The van der Waals surface area contributed by atoms with Crippen LogP contribution in [0.15, 0.2) is 30.3 Å². The zero-order chi connectivity index (χ0) is 8.69. The van der Waals surface area contributed by atoms with Gasteiger partial charge < -0.3 is 0 Å². The summed E-state index contributed by atoms with van der Waals surface area (Å²) in [5.74, 6) is 0.655. The summed E-state index contributed by atoms with van der Waals surface area (Å²) in [7, 11) is 0. The van der Waals surface area contributed by atoms with Gasteiger partial charge in [-0.15, -0.1) is 0 Å². The molecule has 0 aliphatic rings. The van der Waals surface area contributed by atoms with E-state index in [4.69, 9.17) is 0 Å². The quantitative estimate of drug-likeness (QED) is 0.536. The van der Waals surface area contributed by atoms with Crippen LogP contribution in [0.25, 0.3) is 0 Å². The lowest BCUT2D eigenvalue weighted by Crippen LogP contribution is -1.66. The molecule has 0 aliphatic heterocycles. The molecule has 0 spiro atoms. The Balaban J connectivity index is 0.000000218. The van der Waals surface area contributed by atoms with Crippen molar-refractivity contribution in [1.82, 2.24) is 0 Å². The van der Waals surface area contributed by atoms with E-state index in [9.17, 15) is 4.39 Å². The molecule has 0 atom stereocenters. The second kappa shape index (κ2) is 5.90. The summed E-state index contributed by atoms with van der Waals surface area (Å²) in [6.07, 6.45) is 0. The first-order valence-corrected chi connectivity index (χ1v) is 3.83. The molecule has 1 aromatic carbocycles. The smallest absolute Gasteiger partial charge is 0.123 e. The molecule has 0 heterocycles. The molecule has 11 heavy (non-hydrogen) atoms. The van der Waals surface area contributed by atoms with Crippen molar-refractivity contribution in [2.24, 2.45) is 5.92 Å². The Kier molecular flexibility index (Phi) is 5.44. The highest BCUT2D eigenvalue weighted by atomic mass is 19.1. The van der Waals surface area contributed by atoms with Crippen LogP contribution >= 0.6 is 0 Å². The first-order chi connectivity index (χ1) is 5.13. The molecular weight excluding hydrogens is 139 g/mol. The Labute approximate surface area is 68.1 Å². The Hall–Kier alpha value is -0.850. The van der Waals surface area contributed by atoms with Gasteiger partial charge in [-0.05, 0) is 18.1 Å². The molecule has 0 nitrogen and oxygen atoms in total. The number of benzene rings is 1. The lowest BCUT2D eigenvalue weighted by molar-refractivity contribution is 0.628. The van der Waals surface area contributed by atoms with Crippen molar-refractivity contribution in [1.29, 1.82) is 0 Å². The van der Waals surface area contributed by atoms with Gasteiger partial charge in [0.25, 0.3) is 0 Å². The molecule has 1 rings (SSSR count). The Bertz CT molecular complexity index is 165. The maximum Gasteiger partial charge on any atom is 0.123 e. The Morgan fingerprint density at radius 2 is 1.36 bits per heavy atom. The zero-order valence-corrected chi connectivity index (χ0v) is 7.34. The third kappa shape index (κ3) is 9.15. The number of hydrogen-bond donors (Lipinski definition) is 0. The Morgan fingerprint density at radius 3 is 1.55 bits per heavy atom. The van der Waals surface area contributed by atoms with Crippen molar-refractivity contribution in [3.63, 3.8) is 0 Å². The predicted octanol–water partition coefficient (Wildman–Crippen LogP) is 3.49. The monoisotopic (exact) mass is 154 g/mol. The van der Waals surface area contributed by atoms with Crippen LogP contribution in [0.4, 0.5) is 4.39 Å². The van der Waals surface area contributed by atoms with E-state index >= 15 is 0 Å². The third-order valence-corrected chi connectivity index (χ3v) is 0.733. The van der Waals surface area contributed by atoms with Crippen LogP contribution in [0.1, 0.15) is 20.8 Å². The van der Waals surface area contributed by atoms with E-state index < -0.39 is 0 Å². The van der Waals surface area contributed by atoms with Crippen molar-refractivity contribution in [2.75, 3.05) is 0 Å². The average Bonchev–Trinajstić information content (AvgIpc) is 1.87. The van der Waals surface area contributed by atoms with E-state index in [-0.39, 0.29) is 5.82 Å². The van der Waals surface area contributed by atoms with Crippen LogP contribution < -0.4 is 0 Å². The van der Waals surface area contributed by atoms with Gasteiger partial charge in [-0.1, -0.05) is 39.0 Å². The summed E-state index contributed by atoms with van der Waals surface area (Å²) >= 11 is 0. The minimum absolute atomic E-state index is 0.178. The fraction of sp³-hybridized carbons (Fsp3) is 0.400. The number of halogens is 1. The molecule has 62 valence electrons. The fourth-order valence-electron chi connectivity index (χ4n) is 0.415. The summed E-state index contributed by atoms with van der Waals surface area (Å²) < 4.78 is 11.9. The first kappa shape index (κ1) is 10.2. The van der Waals surface area contributed by atoms with E-state index in [0.717, 1.165) is 5.92 Å². The maximum absolute atomic E-state index is 11.9. The molecule has 1 heteroatoms. The van der Waals surface area contributed by atoms with Gasteiger partial charge in [0.1, 0.15) is 5.82 Å². The van der Waals surface area contributed by atoms with E-state index in [1.165, 1.54) is 12.1 Å². The van der Waals surface area contributed by atoms with Crippen LogP contribution in [0.3, 0.4) is 0 Å². The first-order valence-electron chi connectivity index (χ1n) is 3.83. The van der Waals surface area contributed by atoms with E-state index in [0.29, 0.717) is 0 Å². The van der Waals surface area contributed by atoms with Crippen LogP contribution in [-0.2, 0) is 0 Å². The molecular formula is C10H15F. The molecule has 0 bridgehead atoms. The van der Waals surface area contributed by atoms with Crippen LogP contribution in [0.2, 0.25) is 0 Å². The maximum atomic E-state index is 11.9. The van der Waals surface area contributed by atoms with Gasteiger partial charge in [0.15, 0.2) is 0 Å². The number of hydrogen-bond acceptors (Lipinski definition) is 0. The summed E-state index contributed by atoms with van der Waals surface area (Å²) in [5.41, 5.74) is 0. The predicted molar refractivity (Wildman–Crippen MR) is 46.9 cm³/mol. The van der Waals surface area contributed by atoms with Gasteiger partial charge in [-0.3, -0.25) is 0 Å². The van der Waals surface area contributed by atoms with Gasteiger partial charge in [0.05, 0.1) is 0 Å². The van der Waals surface area contributed by atoms with Gasteiger partial charge in [0, 0.05) is 0 Å². The molecule has 0 aliphatic carbocycles. The van der Waals surface area contributed by atoms with Gasteiger partial charge in [-0.2, -0.15) is 0 Å².